The Balaban J connectivity index is 2.37. The molecule has 1 aromatic rings. The second kappa shape index (κ2) is 9.74. The maximum Gasteiger partial charge on any atom is 0.162 e. The molecule has 2 rings (SSSR count). The lowest BCUT2D eigenvalue weighted by Crippen LogP contribution is -2.03. The number of allylic oxidation sites excluding steroid dienone is 6. The number of carbonyl (C=O) groups excluding carboxylic acids is 1. The Morgan fingerprint density at radius 1 is 1.25 bits per heavy atom. The van der Waals surface area contributed by atoms with Crippen LogP contribution in [0.2, 0.25) is 0 Å². The van der Waals surface area contributed by atoms with Crippen LogP contribution in [0.15, 0.2) is 64.3 Å². The molecule has 1 aliphatic rings. The third-order valence-electron chi connectivity index (χ3n) is 4.18. The molecule has 0 heterocycles. The first-order chi connectivity index (χ1) is 11.7. The van der Waals surface area contributed by atoms with Crippen molar-refractivity contribution in [3.8, 4) is 0 Å². The summed E-state index contributed by atoms with van der Waals surface area (Å²) in [5.41, 5.74) is 5.77. The molecule has 1 N–H and O–H groups in total. The maximum atomic E-state index is 12.1. The van der Waals surface area contributed by atoms with Crippen LogP contribution in [0.1, 0.15) is 48.0 Å². The SMILES string of the molecule is C=C/C=C1\CCCC(/C=C/I)=C1c1ccc(C(=O)CCCO)cc1. The summed E-state index contributed by atoms with van der Waals surface area (Å²) in [4.78, 5) is 12.1. The molecular weight excluding hydrogens is 411 g/mol. The minimum Gasteiger partial charge on any atom is -0.396 e. The van der Waals surface area contributed by atoms with Crippen LogP contribution in [0.5, 0.6) is 0 Å². The van der Waals surface area contributed by atoms with Crippen LogP contribution in [-0.2, 0) is 0 Å². The van der Waals surface area contributed by atoms with Gasteiger partial charge >= 0.3 is 0 Å². The van der Waals surface area contributed by atoms with Gasteiger partial charge in [0.25, 0.3) is 0 Å². The molecular formula is C21H23IO2. The van der Waals surface area contributed by atoms with Crippen LogP contribution in [0, 0.1) is 0 Å². The Kier molecular flexibility index (Phi) is 7.66. The summed E-state index contributed by atoms with van der Waals surface area (Å²) >= 11 is 2.25. The van der Waals surface area contributed by atoms with Crippen molar-refractivity contribution in [1.29, 1.82) is 0 Å². The number of Topliss-reactive ketones (excluding diaryl/α,β-unsaturated/α-hetero) is 1. The highest BCUT2D eigenvalue weighted by Crippen LogP contribution is 2.37. The Labute approximate surface area is 157 Å². The van der Waals surface area contributed by atoms with E-state index in [0.29, 0.717) is 18.4 Å². The summed E-state index contributed by atoms with van der Waals surface area (Å²) in [6.45, 7) is 3.89. The molecule has 0 saturated carbocycles. The molecule has 0 amide bonds. The number of benzene rings is 1. The smallest absolute Gasteiger partial charge is 0.162 e. The molecule has 0 unspecified atom stereocenters. The largest absolute Gasteiger partial charge is 0.396 e. The van der Waals surface area contributed by atoms with E-state index in [2.05, 4.69) is 45.4 Å². The number of carbonyl (C=O) groups is 1. The van der Waals surface area contributed by atoms with Crippen LogP contribution in [0.25, 0.3) is 5.57 Å². The normalized spacial score (nSPS) is 16.8. The number of aliphatic hydroxyl groups is 1. The van der Waals surface area contributed by atoms with Crippen molar-refractivity contribution >= 4 is 33.9 Å². The van der Waals surface area contributed by atoms with Crippen molar-refractivity contribution in [3.63, 3.8) is 0 Å². The molecule has 1 aromatic carbocycles. The number of ketones is 1. The zero-order valence-corrected chi connectivity index (χ0v) is 16.0. The highest BCUT2D eigenvalue weighted by Gasteiger charge is 2.17. The second-order valence-corrected chi connectivity index (χ2v) is 6.52. The van der Waals surface area contributed by atoms with Gasteiger partial charge in [0.15, 0.2) is 5.78 Å². The van der Waals surface area contributed by atoms with E-state index in [4.69, 9.17) is 5.11 Å². The van der Waals surface area contributed by atoms with Gasteiger partial charge in [0.05, 0.1) is 0 Å². The molecule has 0 fully saturated rings. The number of hydrogen-bond donors (Lipinski definition) is 1. The minimum atomic E-state index is 0.0540. The van der Waals surface area contributed by atoms with Gasteiger partial charge < -0.3 is 5.11 Å². The van der Waals surface area contributed by atoms with Crippen molar-refractivity contribution in [2.45, 2.75) is 32.1 Å². The quantitative estimate of drug-likeness (QED) is 0.446. The molecule has 0 atom stereocenters. The summed E-state index contributed by atoms with van der Waals surface area (Å²) in [6.07, 6.45) is 10.3. The summed E-state index contributed by atoms with van der Waals surface area (Å²) < 4.78 is 2.05. The van der Waals surface area contributed by atoms with Gasteiger partial charge in [-0.15, -0.1) is 0 Å². The Hall–Kier alpha value is -1.46. The Morgan fingerprint density at radius 3 is 2.62 bits per heavy atom. The molecule has 0 radical (unpaired) electrons. The van der Waals surface area contributed by atoms with Gasteiger partial charge in [0, 0.05) is 18.6 Å². The lowest BCUT2D eigenvalue weighted by Gasteiger charge is -2.22. The van der Waals surface area contributed by atoms with E-state index >= 15 is 0 Å². The average molecular weight is 434 g/mol. The molecule has 0 bridgehead atoms. The van der Waals surface area contributed by atoms with Crippen molar-refractivity contribution in [1.82, 2.24) is 0 Å². The van der Waals surface area contributed by atoms with E-state index in [1.54, 1.807) is 0 Å². The number of aliphatic hydroxyl groups excluding tert-OH is 1. The van der Waals surface area contributed by atoms with Gasteiger partial charge in [-0.3, -0.25) is 4.79 Å². The standard InChI is InChI=1S/C21H23IO2/c1-2-5-17-6-3-7-18(13-14-22)21(17)19-11-9-16(10-12-19)20(24)8-4-15-23/h2,5,9-14,23H,1,3-4,6-8,15H2/b14-13+,17-5+. The van der Waals surface area contributed by atoms with Gasteiger partial charge in [-0.2, -0.15) is 0 Å². The van der Waals surface area contributed by atoms with E-state index in [0.717, 1.165) is 24.8 Å². The summed E-state index contributed by atoms with van der Waals surface area (Å²) in [5, 5.41) is 8.86. The van der Waals surface area contributed by atoms with E-state index < -0.39 is 0 Å². The molecule has 3 heteroatoms. The lowest BCUT2D eigenvalue weighted by atomic mass is 9.83. The van der Waals surface area contributed by atoms with Crippen molar-refractivity contribution < 1.29 is 9.90 Å². The number of hydrogen-bond acceptors (Lipinski definition) is 2. The lowest BCUT2D eigenvalue weighted by molar-refractivity contribution is 0.0971. The highest BCUT2D eigenvalue weighted by atomic mass is 127. The first-order valence-corrected chi connectivity index (χ1v) is 9.52. The maximum absolute atomic E-state index is 12.1. The van der Waals surface area contributed by atoms with E-state index in [1.165, 1.54) is 16.7 Å². The van der Waals surface area contributed by atoms with Crippen LogP contribution >= 0.6 is 22.6 Å². The van der Waals surface area contributed by atoms with Gasteiger partial charge in [0.2, 0.25) is 0 Å². The fraction of sp³-hybridized carbons (Fsp3) is 0.286. The Morgan fingerprint density at radius 2 is 2.00 bits per heavy atom. The van der Waals surface area contributed by atoms with E-state index in [1.807, 2.05) is 30.3 Å². The molecule has 0 saturated heterocycles. The van der Waals surface area contributed by atoms with Gasteiger partial charge in [-0.1, -0.05) is 71.7 Å². The fourth-order valence-electron chi connectivity index (χ4n) is 3.05. The summed E-state index contributed by atoms with van der Waals surface area (Å²) in [7, 11) is 0. The van der Waals surface area contributed by atoms with Gasteiger partial charge in [-0.05, 0) is 52.0 Å². The zero-order chi connectivity index (χ0) is 17.4. The first kappa shape index (κ1) is 18.9. The van der Waals surface area contributed by atoms with Crippen LogP contribution in [0.3, 0.4) is 0 Å². The van der Waals surface area contributed by atoms with Gasteiger partial charge in [0.1, 0.15) is 0 Å². The molecule has 0 aromatic heterocycles. The van der Waals surface area contributed by atoms with Crippen molar-refractivity contribution in [2.75, 3.05) is 6.61 Å². The van der Waals surface area contributed by atoms with Crippen LogP contribution in [-0.4, -0.2) is 17.5 Å². The summed E-state index contributed by atoms with van der Waals surface area (Å²) in [5.74, 6) is 0.0856. The van der Waals surface area contributed by atoms with Crippen molar-refractivity contribution in [3.05, 3.63) is 75.4 Å². The van der Waals surface area contributed by atoms with E-state index in [-0.39, 0.29) is 12.4 Å². The monoisotopic (exact) mass is 434 g/mol. The highest BCUT2D eigenvalue weighted by molar-refractivity contribution is 14.1. The predicted octanol–water partition coefficient (Wildman–Crippen LogP) is 5.64. The Bertz CT molecular complexity index is 678. The average Bonchev–Trinajstić information content (AvgIpc) is 2.61. The molecule has 24 heavy (non-hydrogen) atoms. The molecule has 0 spiro atoms. The van der Waals surface area contributed by atoms with Crippen LogP contribution in [0.4, 0.5) is 0 Å². The topological polar surface area (TPSA) is 37.3 Å². The number of rotatable bonds is 7. The van der Waals surface area contributed by atoms with Gasteiger partial charge in [-0.25, -0.2) is 0 Å². The molecule has 126 valence electrons. The fourth-order valence-corrected chi connectivity index (χ4v) is 3.49. The van der Waals surface area contributed by atoms with Crippen LogP contribution < -0.4 is 0 Å². The first-order valence-electron chi connectivity index (χ1n) is 8.27. The molecule has 2 nitrogen and oxygen atoms in total. The zero-order valence-electron chi connectivity index (χ0n) is 13.8. The second-order valence-electron chi connectivity index (χ2n) is 5.80. The molecule has 0 aliphatic heterocycles. The number of halogens is 1. The third kappa shape index (κ3) is 4.77. The molecule has 1 aliphatic carbocycles. The summed E-state index contributed by atoms with van der Waals surface area (Å²) in [6, 6.07) is 7.86. The minimum absolute atomic E-state index is 0.0540. The predicted molar refractivity (Wildman–Crippen MR) is 109 cm³/mol. The van der Waals surface area contributed by atoms with Crippen molar-refractivity contribution in [2.24, 2.45) is 0 Å². The van der Waals surface area contributed by atoms with E-state index in [9.17, 15) is 4.79 Å². The third-order valence-corrected chi connectivity index (χ3v) is 4.53.